The molecule has 0 saturated carbocycles. The van der Waals surface area contributed by atoms with Gasteiger partial charge in [0.15, 0.2) is 0 Å². The Hall–Kier alpha value is -0.0800. The standard InChI is InChI=1S/C12H27NO/c1-5-7-8-12(6-2)13-10(3)9-11(4)14/h10-14H,5-9H2,1-4H3. The Morgan fingerprint density at radius 3 is 2.29 bits per heavy atom. The van der Waals surface area contributed by atoms with Crippen LogP contribution in [-0.4, -0.2) is 23.3 Å². The van der Waals surface area contributed by atoms with Crippen LogP contribution in [0.25, 0.3) is 0 Å². The van der Waals surface area contributed by atoms with Gasteiger partial charge in [-0.2, -0.15) is 0 Å². The summed E-state index contributed by atoms with van der Waals surface area (Å²) in [6.07, 6.45) is 5.67. The van der Waals surface area contributed by atoms with Crippen molar-refractivity contribution in [1.82, 2.24) is 5.32 Å². The van der Waals surface area contributed by atoms with E-state index >= 15 is 0 Å². The number of aliphatic hydroxyl groups excluding tert-OH is 1. The van der Waals surface area contributed by atoms with Crippen molar-refractivity contribution in [3.63, 3.8) is 0 Å². The van der Waals surface area contributed by atoms with Crippen LogP contribution in [-0.2, 0) is 0 Å². The summed E-state index contributed by atoms with van der Waals surface area (Å²) >= 11 is 0. The van der Waals surface area contributed by atoms with Crippen molar-refractivity contribution in [1.29, 1.82) is 0 Å². The Bertz CT molecular complexity index is 125. The molecule has 14 heavy (non-hydrogen) atoms. The molecule has 0 aliphatic rings. The number of aliphatic hydroxyl groups is 1. The molecule has 2 nitrogen and oxygen atoms in total. The lowest BCUT2D eigenvalue weighted by Gasteiger charge is -2.23. The smallest absolute Gasteiger partial charge is 0.0526 e. The Kier molecular flexibility index (Phi) is 8.20. The zero-order chi connectivity index (χ0) is 11.0. The van der Waals surface area contributed by atoms with Crippen LogP contribution >= 0.6 is 0 Å². The zero-order valence-electron chi connectivity index (χ0n) is 10.2. The maximum absolute atomic E-state index is 9.24. The third kappa shape index (κ3) is 7.34. The van der Waals surface area contributed by atoms with Crippen LogP contribution in [0.5, 0.6) is 0 Å². The second-order valence-corrected chi connectivity index (χ2v) is 4.40. The van der Waals surface area contributed by atoms with Gasteiger partial charge in [0, 0.05) is 12.1 Å². The Morgan fingerprint density at radius 2 is 1.86 bits per heavy atom. The maximum Gasteiger partial charge on any atom is 0.0526 e. The van der Waals surface area contributed by atoms with E-state index in [1.807, 2.05) is 6.92 Å². The van der Waals surface area contributed by atoms with Crippen molar-refractivity contribution in [2.45, 2.75) is 78.0 Å². The molecule has 3 unspecified atom stereocenters. The van der Waals surface area contributed by atoms with E-state index in [-0.39, 0.29) is 6.10 Å². The molecule has 0 bridgehead atoms. The van der Waals surface area contributed by atoms with Crippen molar-refractivity contribution < 1.29 is 5.11 Å². The van der Waals surface area contributed by atoms with Gasteiger partial charge in [0.2, 0.25) is 0 Å². The molecule has 0 aliphatic heterocycles. The molecular formula is C12H27NO. The molecule has 0 aromatic carbocycles. The van der Waals surface area contributed by atoms with Crippen molar-refractivity contribution in [3.8, 4) is 0 Å². The highest BCUT2D eigenvalue weighted by molar-refractivity contribution is 4.71. The predicted octanol–water partition coefficient (Wildman–Crippen LogP) is 2.70. The van der Waals surface area contributed by atoms with Gasteiger partial charge in [-0.1, -0.05) is 26.7 Å². The highest BCUT2D eigenvalue weighted by Gasteiger charge is 2.11. The fraction of sp³-hybridized carbons (Fsp3) is 1.00. The average molecular weight is 201 g/mol. The van der Waals surface area contributed by atoms with E-state index in [1.54, 1.807) is 0 Å². The average Bonchev–Trinajstić information content (AvgIpc) is 2.10. The molecule has 2 heteroatoms. The van der Waals surface area contributed by atoms with E-state index in [0.29, 0.717) is 12.1 Å². The van der Waals surface area contributed by atoms with Gasteiger partial charge in [0.25, 0.3) is 0 Å². The van der Waals surface area contributed by atoms with Gasteiger partial charge in [0.05, 0.1) is 6.10 Å². The van der Waals surface area contributed by atoms with Crippen molar-refractivity contribution in [3.05, 3.63) is 0 Å². The molecule has 86 valence electrons. The number of rotatable bonds is 8. The first-order valence-electron chi connectivity index (χ1n) is 6.04. The fourth-order valence-corrected chi connectivity index (χ4v) is 1.84. The summed E-state index contributed by atoms with van der Waals surface area (Å²) in [5.74, 6) is 0. The van der Waals surface area contributed by atoms with E-state index in [0.717, 1.165) is 6.42 Å². The van der Waals surface area contributed by atoms with Crippen LogP contribution in [0, 0.1) is 0 Å². The third-order valence-electron chi connectivity index (χ3n) is 2.61. The first kappa shape index (κ1) is 13.9. The van der Waals surface area contributed by atoms with Gasteiger partial charge in [-0.05, 0) is 33.1 Å². The Morgan fingerprint density at radius 1 is 1.21 bits per heavy atom. The van der Waals surface area contributed by atoms with E-state index in [2.05, 4.69) is 26.1 Å². The number of hydrogen-bond acceptors (Lipinski definition) is 2. The van der Waals surface area contributed by atoms with Crippen molar-refractivity contribution in [2.24, 2.45) is 0 Å². The summed E-state index contributed by atoms with van der Waals surface area (Å²) in [6.45, 7) is 8.46. The second-order valence-electron chi connectivity index (χ2n) is 4.40. The van der Waals surface area contributed by atoms with Crippen LogP contribution < -0.4 is 5.32 Å². The van der Waals surface area contributed by atoms with Crippen LogP contribution in [0.3, 0.4) is 0 Å². The first-order valence-corrected chi connectivity index (χ1v) is 6.04. The van der Waals surface area contributed by atoms with Gasteiger partial charge >= 0.3 is 0 Å². The van der Waals surface area contributed by atoms with Gasteiger partial charge in [-0.25, -0.2) is 0 Å². The van der Waals surface area contributed by atoms with E-state index in [4.69, 9.17) is 0 Å². The Balaban J connectivity index is 3.68. The third-order valence-corrected chi connectivity index (χ3v) is 2.61. The van der Waals surface area contributed by atoms with Gasteiger partial charge in [0.1, 0.15) is 0 Å². The largest absolute Gasteiger partial charge is 0.393 e. The molecule has 0 radical (unpaired) electrons. The molecule has 0 spiro atoms. The minimum Gasteiger partial charge on any atom is -0.393 e. The molecule has 0 aromatic heterocycles. The maximum atomic E-state index is 9.24. The molecule has 2 N–H and O–H groups in total. The highest BCUT2D eigenvalue weighted by atomic mass is 16.3. The summed E-state index contributed by atoms with van der Waals surface area (Å²) in [4.78, 5) is 0. The second kappa shape index (κ2) is 8.25. The lowest BCUT2D eigenvalue weighted by molar-refractivity contribution is 0.167. The number of unbranched alkanes of at least 4 members (excludes halogenated alkanes) is 1. The van der Waals surface area contributed by atoms with Gasteiger partial charge < -0.3 is 10.4 Å². The zero-order valence-corrected chi connectivity index (χ0v) is 10.2. The molecular weight excluding hydrogens is 174 g/mol. The molecule has 3 atom stereocenters. The lowest BCUT2D eigenvalue weighted by atomic mass is 10.0. The summed E-state index contributed by atoms with van der Waals surface area (Å²) in [7, 11) is 0. The van der Waals surface area contributed by atoms with E-state index < -0.39 is 0 Å². The van der Waals surface area contributed by atoms with Gasteiger partial charge in [-0.3, -0.25) is 0 Å². The molecule has 0 amide bonds. The fourth-order valence-electron chi connectivity index (χ4n) is 1.84. The lowest BCUT2D eigenvalue weighted by Crippen LogP contribution is -2.37. The Labute approximate surface area is 89.1 Å². The van der Waals surface area contributed by atoms with Crippen molar-refractivity contribution >= 4 is 0 Å². The van der Waals surface area contributed by atoms with Gasteiger partial charge in [-0.15, -0.1) is 0 Å². The van der Waals surface area contributed by atoms with E-state index in [1.165, 1.54) is 25.7 Å². The predicted molar refractivity (Wildman–Crippen MR) is 62.5 cm³/mol. The SMILES string of the molecule is CCCCC(CC)NC(C)CC(C)O. The normalized spacial score (nSPS) is 17.8. The van der Waals surface area contributed by atoms with Crippen LogP contribution in [0.2, 0.25) is 0 Å². The topological polar surface area (TPSA) is 32.3 Å². The molecule has 0 heterocycles. The van der Waals surface area contributed by atoms with Crippen LogP contribution in [0.1, 0.15) is 59.8 Å². The summed E-state index contributed by atoms with van der Waals surface area (Å²) < 4.78 is 0. The number of nitrogens with one attached hydrogen (secondary N) is 1. The summed E-state index contributed by atoms with van der Waals surface area (Å²) in [5, 5.41) is 12.8. The minimum atomic E-state index is -0.193. The van der Waals surface area contributed by atoms with Crippen LogP contribution in [0.4, 0.5) is 0 Å². The summed E-state index contributed by atoms with van der Waals surface area (Å²) in [6, 6.07) is 1.06. The first-order chi connectivity index (χ1) is 6.60. The molecule has 0 aromatic rings. The highest BCUT2D eigenvalue weighted by Crippen LogP contribution is 2.07. The quantitative estimate of drug-likeness (QED) is 0.633. The van der Waals surface area contributed by atoms with E-state index in [9.17, 15) is 5.11 Å². The molecule has 0 aliphatic carbocycles. The van der Waals surface area contributed by atoms with Crippen molar-refractivity contribution in [2.75, 3.05) is 0 Å². The monoisotopic (exact) mass is 201 g/mol. The molecule has 0 fully saturated rings. The molecule has 0 saturated heterocycles. The minimum absolute atomic E-state index is 0.193. The molecule has 0 rings (SSSR count). The van der Waals surface area contributed by atoms with Crippen LogP contribution in [0.15, 0.2) is 0 Å². The summed E-state index contributed by atoms with van der Waals surface area (Å²) in [5.41, 5.74) is 0. The number of hydrogen-bond donors (Lipinski definition) is 2.